The molecule has 2 heterocycles. The third-order valence-corrected chi connectivity index (χ3v) is 5.02. The summed E-state index contributed by atoms with van der Waals surface area (Å²) in [6.45, 7) is 2.87. The number of furan rings is 1. The Kier molecular flexibility index (Phi) is 4.95. The van der Waals surface area contributed by atoms with E-state index in [1.54, 1.807) is 29.4 Å². The summed E-state index contributed by atoms with van der Waals surface area (Å²) in [5.74, 6) is 0.710. The van der Waals surface area contributed by atoms with Gasteiger partial charge in [-0.25, -0.2) is 18.4 Å². The highest BCUT2D eigenvalue weighted by Gasteiger charge is 2.21. The Morgan fingerprint density at radius 1 is 1.12 bits per heavy atom. The van der Waals surface area contributed by atoms with Gasteiger partial charge in [0.2, 0.25) is 10.0 Å². The van der Waals surface area contributed by atoms with Gasteiger partial charge in [0.25, 0.3) is 0 Å². The average Bonchev–Trinajstić information content (AvgIpc) is 3.13. The molecule has 0 radical (unpaired) electrons. The fraction of sp³-hybridized carbons (Fsp3) is 0.312. The van der Waals surface area contributed by atoms with E-state index in [4.69, 9.17) is 9.56 Å². The van der Waals surface area contributed by atoms with Gasteiger partial charge in [-0.15, -0.1) is 0 Å². The van der Waals surface area contributed by atoms with E-state index in [2.05, 4.69) is 10.2 Å². The molecule has 0 saturated carbocycles. The number of hydrogen-bond donors (Lipinski definition) is 2. The van der Waals surface area contributed by atoms with Crippen LogP contribution < -0.4 is 15.4 Å². The monoisotopic (exact) mass is 364 g/mol. The minimum Gasteiger partial charge on any atom is -0.467 e. The van der Waals surface area contributed by atoms with Gasteiger partial charge < -0.3 is 19.5 Å². The topological polar surface area (TPSA) is 109 Å². The number of urea groups is 1. The van der Waals surface area contributed by atoms with E-state index in [0.29, 0.717) is 38.5 Å². The summed E-state index contributed by atoms with van der Waals surface area (Å²) in [4.78, 5) is 16.1. The lowest BCUT2D eigenvalue weighted by Crippen LogP contribution is -2.51. The molecule has 8 nitrogen and oxygen atoms in total. The number of amides is 2. The van der Waals surface area contributed by atoms with Gasteiger partial charge in [0.05, 0.1) is 17.7 Å². The third-order valence-electron chi connectivity index (χ3n) is 4.09. The zero-order valence-electron chi connectivity index (χ0n) is 13.6. The van der Waals surface area contributed by atoms with Crippen LogP contribution in [0.1, 0.15) is 5.76 Å². The second kappa shape index (κ2) is 7.16. The smallest absolute Gasteiger partial charge is 0.317 e. The Morgan fingerprint density at radius 3 is 2.36 bits per heavy atom. The van der Waals surface area contributed by atoms with E-state index in [9.17, 15) is 13.2 Å². The van der Waals surface area contributed by atoms with Gasteiger partial charge in [-0.2, -0.15) is 0 Å². The number of rotatable bonds is 4. The van der Waals surface area contributed by atoms with Crippen molar-refractivity contribution in [1.82, 2.24) is 10.2 Å². The van der Waals surface area contributed by atoms with Gasteiger partial charge in [0.1, 0.15) is 5.76 Å². The van der Waals surface area contributed by atoms with E-state index in [-0.39, 0.29) is 10.9 Å². The molecule has 1 aliphatic heterocycles. The van der Waals surface area contributed by atoms with E-state index in [1.165, 1.54) is 12.1 Å². The van der Waals surface area contributed by atoms with Crippen molar-refractivity contribution in [2.45, 2.75) is 11.4 Å². The van der Waals surface area contributed by atoms with Crippen molar-refractivity contribution >= 4 is 21.7 Å². The van der Waals surface area contributed by atoms with E-state index in [1.807, 2.05) is 6.07 Å². The Morgan fingerprint density at radius 2 is 1.80 bits per heavy atom. The summed E-state index contributed by atoms with van der Waals surface area (Å²) in [5.41, 5.74) is 0.906. The van der Waals surface area contributed by atoms with Gasteiger partial charge in [0.15, 0.2) is 0 Å². The number of nitrogens with zero attached hydrogens (tertiary/aromatic N) is 2. The number of carbonyl (C=O) groups excluding carboxylic acids is 1. The highest BCUT2D eigenvalue weighted by molar-refractivity contribution is 7.89. The van der Waals surface area contributed by atoms with Crippen molar-refractivity contribution in [3.05, 3.63) is 48.4 Å². The zero-order valence-corrected chi connectivity index (χ0v) is 14.4. The maximum Gasteiger partial charge on any atom is 0.317 e. The van der Waals surface area contributed by atoms with Crippen LogP contribution in [0.4, 0.5) is 10.5 Å². The Bertz CT molecular complexity index is 810. The van der Waals surface area contributed by atoms with Crippen molar-refractivity contribution in [2.24, 2.45) is 5.14 Å². The Labute approximate surface area is 146 Å². The molecule has 2 aromatic rings. The van der Waals surface area contributed by atoms with Crippen molar-refractivity contribution in [1.29, 1.82) is 0 Å². The standard InChI is InChI=1S/C16H20N4O4S/c17-25(22,23)15-5-3-13(4-6-15)19-7-9-20(10-8-19)16(21)18-12-14-2-1-11-24-14/h1-6,11H,7-10,12H2,(H,18,21)(H2,17,22,23). The number of piperazine rings is 1. The molecule has 3 N–H and O–H groups in total. The SMILES string of the molecule is NS(=O)(=O)c1ccc(N2CCN(C(=O)NCc3ccco3)CC2)cc1. The number of carbonyl (C=O) groups is 1. The molecule has 9 heteroatoms. The first-order valence-corrected chi connectivity index (χ1v) is 9.41. The minimum atomic E-state index is -3.68. The highest BCUT2D eigenvalue weighted by Crippen LogP contribution is 2.19. The first kappa shape index (κ1) is 17.3. The molecule has 0 spiro atoms. The van der Waals surface area contributed by atoms with Crippen LogP contribution in [0.5, 0.6) is 0 Å². The molecule has 0 unspecified atom stereocenters. The number of primary sulfonamides is 1. The molecule has 3 rings (SSSR count). The summed E-state index contributed by atoms with van der Waals surface area (Å²) < 4.78 is 27.8. The molecule has 1 aromatic heterocycles. The molecule has 1 saturated heterocycles. The maximum absolute atomic E-state index is 12.2. The molecule has 0 aliphatic carbocycles. The lowest BCUT2D eigenvalue weighted by atomic mass is 10.2. The summed E-state index contributed by atoms with van der Waals surface area (Å²) in [6, 6.07) is 9.91. The number of sulfonamides is 1. The van der Waals surface area contributed by atoms with Crippen LogP contribution in [0, 0.1) is 0 Å². The number of nitrogens with one attached hydrogen (secondary N) is 1. The lowest BCUT2D eigenvalue weighted by molar-refractivity contribution is 0.193. The summed E-state index contributed by atoms with van der Waals surface area (Å²) in [6.07, 6.45) is 1.57. The summed E-state index contributed by atoms with van der Waals surface area (Å²) in [5, 5.41) is 7.93. The quantitative estimate of drug-likeness (QED) is 0.840. The van der Waals surface area contributed by atoms with Crippen LogP contribution in [0.3, 0.4) is 0 Å². The Hall–Kier alpha value is -2.52. The summed E-state index contributed by atoms with van der Waals surface area (Å²) in [7, 11) is -3.68. The van der Waals surface area contributed by atoms with Crippen LogP contribution >= 0.6 is 0 Å². The minimum absolute atomic E-state index is 0.0900. The van der Waals surface area contributed by atoms with Gasteiger partial charge in [0, 0.05) is 31.9 Å². The van der Waals surface area contributed by atoms with Crippen molar-refractivity contribution in [3.8, 4) is 0 Å². The largest absolute Gasteiger partial charge is 0.467 e. The van der Waals surface area contributed by atoms with E-state index in [0.717, 1.165) is 5.69 Å². The van der Waals surface area contributed by atoms with Gasteiger partial charge in [-0.1, -0.05) is 0 Å². The molecule has 134 valence electrons. The highest BCUT2D eigenvalue weighted by atomic mass is 32.2. The second-order valence-corrected chi connectivity index (χ2v) is 7.31. The number of benzene rings is 1. The van der Waals surface area contributed by atoms with Gasteiger partial charge in [-0.3, -0.25) is 0 Å². The molecule has 1 fully saturated rings. The van der Waals surface area contributed by atoms with Crippen LogP contribution in [-0.4, -0.2) is 45.5 Å². The molecule has 0 bridgehead atoms. The average molecular weight is 364 g/mol. The fourth-order valence-corrected chi connectivity index (χ4v) is 3.22. The normalized spacial score (nSPS) is 15.2. The maximum atomic E-state index is 12.2. The first-order valence-electron chi connectivity index (χ1n) is 7.86. The number of hydrogen-bond acceptors (Lipinski definition) is 5. The lowest BCUT2D eigenvalue weighted by Gasteiger charge is -2.36. The molecule has 25 heavy (non-hydrogen) atoms. The van der Waals surface area contributed by atoms with Crippen LogP contribution in [0.15, 0.2) is 52.0 Å². The predicted molar refractivity (Wildman–Crippen MR) is 92.5 cm³/mol. The van der Waals surface area contributed by atoms with E-state index < -0.39 is 10.0 Å². The van der Waals surface area contributed by atoms with Crippen LogP contribution in [0.25, 0.3) is 0 Å². The molecular formula is C16H20N4O4S. The fourth-order valence-electron chi connectivity index (χ4n) is 2.70. The first-order chi connectivity index (χ1) is 11.9. The zero-order chi connectivity index (χ0) is 17.9. The Balaban J connectivity index is 1.52. The van der Waals surface area contributed by atoms with Crippen LogP contribution in [0.2, 0.25) is 0 Å². The second-order valence-electron chi connectivity index (χ2n) is 5.75. The third kappa shape index (κ3) is 4.31. The molecule has 0 atom stereocenters. The van der Waals surface area contributed by atoms with Gasteiger partial charge >= 0.3 is 6.03 Å². The van der Waals surface area contributed by atoms with Gasteiger partial charge in [-0.05, 0) is 36.4 Å². The van der Waals surface area contributed by atoms with E-state index >= 15 is 0 Å². The molecule has 2 amide bonds. The van der Waals surface area contributed by atoms with Crippen molar-refractivity contribution in [3.63, 3.8) is 0 Å². The van der Waals surface area contributed by atoms with Crippen LogP contribution in [-0.2, 0) is 16.6 Å². The molecular weight excluding hydrogens is 344 g/mol. The predicted octanol–water partition coefficient (Wildman–Crippen LogP) is 0.959. The van der Waals surface area contributed by atoms with Crippen molar-refractivity contribution in [2.75, 3.05) is 31.1 Å². The summed E-state index contributed by atoms with van der Waals surface area (Å²) >= 11 is 0. The number of nitrogens with two attached hydrogens (primary N) is 1. The molecule has 1 aromatic carbocycles. The molecule has 1 aliphatic rings. The number of anilines is 1. The van der Waals surface area contributed by atoms with Crippen molar-refractivity contribution < 1.29 is 17.6 Å².